The minimum Gasteiger partial charge on any atom is -0.420 e. The Morgan fingerprint density at radius 1 is 1.21 bits per heavy atom. The van der Waals surface area contributed by atoms with E-state index in [1.165, 1.54) is 24.3 Å². The van der Waals surface area contributed by atoms with Gasteiger partial charge in [-0.1, -0.05) is 0 Å². The van der Waals surface area contributed by atoms with Gasteiger partial charge in [0.15, 0.2) is 0 Å². The first-order chi connectivity index (χ1) is 6.39. The predicted octanol–water partition coefficient (Wildman–Crippen LogP) is 1.74. The molecule has 1 aromatic rings. The second-order valence-electron chi connectivity index (χ2n) is 2.46. The number of ether oxygens (including phenoxy) is 1. The Morgan fingerprint density at radius 2 is 1.71 bits per heavy atom. The summed E-state index contributed by atoms with van der Waals surface area (Å²) in [6.45, 7) is 0. The zero-order chi connectivity index (χ0) is 10.8. The monoisotopic (exact) mass is 205 g/mol. The Hall–Kier alpha value is -1.72. The molecule has 0 fully saturated rings. The second kappa shape index (κ2) is 3.57. The molecule has 0 heterocycles. The van der Waals surface area contributed by atoms with Crippen LogP contribution in [0.3, 0.4) is 0 Å². The summed E-state index contributed by atoms with van der Waals surface area (Å²) in [5, 5.41) is 0. The van der Waals surface area contributed by atoms with Gasteiger partial charge < -0.3 is 10.5 Å². The van der Waals surface area contributed by atoms with E-state index in [2.05, 4.69) is 4.74 Å². The normalized spacial score (nSPS) is 11.1. The predicted molar refractivity (Wildman–Crippen MR) is 42.5 cm³/mol. The highest BCUT2D eigenvalue weighted by atomic mass is 19.4. The molecule has 0 saturated carbocycles. The minimum atomic E-state index is -4.98. The Morgan fingerprint density at radius 3 is 2.14 bits per heavy atom. The van der Waals surface area contributed by atoms with Crippen LogP contribution in [0.5, 0.6) is 5.75 Å². The third-order valence-corrected chi connectivity index (χ3v) is 1.32. The lowest BCUT2D eigenvalue weighted by molar-refractivity contribution is -0.189. The smallest absolute Gasteiger partial charge is 0.420 e. The number of rotatable bonds is 1. The first-order valence-electron chi connectivity index (χ1n) is 3.54. The van der Waals surface area contributed by atoms with E-state index < -0.39 is 12.1 Å². The number of alkyl halides is 3. The van der Waals surface area contributed by atoms with Crippen LogP contribution in [0.25, 0.3) is 0 Å². The van der Waals surface area contributed by atoms with Crippen LogP contribution in [0.15, 0.2) is 24.3 Å². The number of anilines is 1. The maximum atomic E-state index is 11.7. The van der Waals surface area contributed by atoms with E-state index in [0.717, 1.165) is 0 Å². The molecule has 76 valence electrons. The fourth-order valence-corrected chi connectivity index (χ4v) is 0.701. The number of benzene rings is 1. The van der Waals surface area contributed by atoms with E-state index in [1.807, 2.05) is 0 Å². The Labute approximate surface area is 77.3 Å². The van der Waals surface area contributed by atoms with Crippen molar-refractivity contribution in [3.8, 4) is 5.75 Å². The van der Waals surface area contributed by atoms with Crippen molar-refractivity contribution in [1.29, 1.82) is 0 Å². The van der Waals surface area contributed by atoms with Gasteiger partial charge in [0.2, 0.25) is 0 Å². The van der Waals surface area contributed by atoms with Crippen LogP contribution >= 0.6 is 0 Å². The lowest BCUT2D eigenvalue weighted by Crippen LogP contribution is -2.27. The standard InChI is InChI=1S/C8H6F3NO2/c9-8(10,11)7(13)14-6-3-1-5(12)2-4-6/h1-4H,12H2. The summed E-state index contributed by atoms with van der Waals surface area (Å²) >= 11 is 0. The first kappa shape index (κ1) is 10.4. The summed E-state index contributed by atoms with van der Waals surface area (Å²) in [5.74, 6) is -2.44. The van der Waals surface area contributed by atoms with Gasteiger partial charge in [0.1, 0.15) is 5.75 Å². The fraction of sp³-hybridized carbons (Fsp3) is 0.125. The van der Waals surface area contributed by atoms with Crippen LogP contribution < -0.4 is 10.5 Å². The van der Waals surface area contributed by atoms with Crippen molar-refractivity contribution in [1.82, 2.24) is 0 Å². The number of nitrogens with two attached hydrogens (primary N) is 1. The molecule has 0 aliphatic heterocycles. The molecule has 1 rings (SSSR count). The number of esters is 1. The highest BCUT2D eigenvalue weighted by molar-refractivity contribution is 5.78. The van der Waals surface area contributed by atoms with Crippen LogP contribution in [0, 0.1) is 0 Å². The molecule has 0 radical (unpaired) electrons. The number of carbonyl (C=O) groups is 1. The molecule has 6 heteroatoms. The van der Waals surface area contributed by atoms with Gasteiger partial charge in [-0.2, -0.15) is 13.2 Å². The van der Waals surface area contributed by atoms with E-state index in [1.54, 1.807) is 0 Å². The molecular formula is C8H6F3NO2. The van der Waals surface area contributed by atoms with E-state index in [0.29, 0.717) is 5.69 Å². The van der Waals surface area contributed by atoms with Crippen molar-refractivity contribution in [2.24, 2.45) is 0 Å². The molecule has 0 spiro atoms. The molecule has 0 bridgehead atoms. The summed E-state index contributed by atoms with van der Waals surface area (Å²) < 4.78 is 39.2. The number of nitrogen functional groups attached to an aromatic ring is 1. The van der Waals surface area contributed by atoms with Crippen molar-refractivity contribution in [2.75, 3.05) is 5.73 Å². The van der Waals surface area contributed by atoms with Gasteiger partial charge in [0.05, 0.1) is 0 Å². The quantitative estimate of drug-likeness (QED) is 0.431. The molecule has 0 atom stereocenters. The highest BCUT2D eigenvalue weighted by Gasteiger charge is 2.41. The average molecular weight is 205 g/mol. The SMILES string of the molecule is Nc1ccc(OC(=O)C(F)(F)F)cc1. The van der Waals surface area contributed by atoms with Crippen molar-refractivity contribution < 1.29 is 22.7 Å². The van der Waals surface area contributed by atoms with Crippen molar-refractivity contribution in [3.63, 3.8) is 0 Å². The van der Waals surface area contributed by atoms with Gasteiger partial charge in [0, 0.05) is 5.69 Å². The van der Waals surface area contributed by atoms with E-state index in [4.69, 9.17) is 5.73 Å². The Bertz CT molecular complexity index is 331. The summed E-state index contributed by atoms with van der Waals surface area (Å²) in [7, 11) is 0. The van der Waals surface area contributed by atoms with Crippen LogP contribution in [0.2, 0.25) is 0 Å². The van der Waals surface area contributed by atoms with Crippen molar-refractivity contribution >= 4 is 11.7 Å². The highest BCUT2D eigenvalue weighted by Crippen LogP contribution is 2.20. The summed E-state index contributed by atoms with van der Waals surface area (Å²) in [6.07, 6.45) is -4.98. The number of carbonyl (C=O) groups excluding carboxylic acids is 1. The number of halogens is 3. The van der Waals surface area contributed by atoms with E-state index in [9.17, 15) is 18.0 Å². The summed E-state index contributed by atoms with van der Waals surface area (Å²) in [6, 6.07) is 5.02. The van der Waals surface area contributed by atoms with Crippen LogP contribution in [-0.4, -0.2) is 12.1 Å². The van der Waals surface area contributed by atoms with Crippen LogP contribution in [-0.2, 0) is 4.79 Å². The van der Waals surface area contributed by atoms with Gasteiger partial charge in [-0.15, -0.1) is 0 Å². The van der Waals surface area contributed by atoms with E-state index in [-0.39, 0.29) is 5.75 Å². The molecule has 14 heavy (non-hydrogen) atoms. The molecule has 1 aromatic carbocycles. The van der Waals surface area contributed by atoms with Crippen molar-refractivity contribution in [2.45, 2.75) is 6.18 Å². The summed E-state index contributed by atoms with van der Waals surface area (Å²) in [4.78, 5) is 10.3. The zero-order valence-corrected chi connectivity index (χ0v) is 6.84. The Kier molecular flexibility index (Phi) is 2.64. The molecule has 0 aromatic heterocycles. The lowest BCUT2D eigenvalue weighted by Gasteiger charge is -2.06. The number of hydrogen-bond acceptors (Lipinski definition) is 3. The van der Waals surface area contributed by atoms with Crippen molar-refractivity contribution in [3.05, 3.63) is 24.3 Å². The molecule has 0 amide bonds. The summed E-state index contributed by atoms with van der Waals surface area (Å²) in [5.41, 5.74) is 5.65. The second-order valence-corrected chi connectivity index (χ2v) is 2.46. The fourth-order valence-electron chi connectivity index (χ4n) is 0.701. The third-order valence-electron chi connectivity index (χ3n) is 1.32. The largest absolute Gasteiger partial charge is 0.491 e. The molecule has 2 N–H and O–H groups in total. The molecule has 0 saturated heterocycles. The third kappa shape index (κ3) is 2.65. The van der Waals surface area contributed by atoms with Crippen LogP contribution in [0.4, 0.5) is 18.9 Å². The maximum absolute atomic E-state index is 11.7. The zero-order valence-electron chi connectivity index (χ0n) is 6.84. The van der Waals surface area contributed by atoms with Gasteiger partial charge in [0.25, 0.3) is 0 Å². The topological polar surface area (TPSA) is 52.3 Å². The van der Waals surface area contributed by atoms with Gasteiger partial charge in [-0.05, 0) is 24.3 Å². The first-order valence-corrected chi connectivity index (χ1v) is 3.54. The van der Waals surface area contributed by atoms with Gasteiger partial charge in [-0.25, -0.2) is 4.79 Å². The Balaban J connectivity index is 2.71. The minimum absolute atomic E-state index is 0.193. The van der Waals surface area contributed by atoms with Gasteiger partial charge >= 0.3 is 12.1 Å². The molecule has 3 nitrogen and oxygen atoms in total. The molecule has 0 unspecified atom stereocenters. The van der Waals surface area contributed by atoms with Gasteiger partial charge in [-0.3, -0.25) is 0 Å². The number of hydrogen-bond donors (Lipinski definition) is 1. The lowest BCUT2D eigenvalue weighted by atomic mass is 10.3. The van der Waals surface area contributed by atoms with E-state index >= 15 is 0 Å². The maximum Gasteiger partial charge on any atom is 0.491 e. The average Bonchev–Trinajstić information content (AvgIpc) is 2.07. The van der Waals surface area contributed by atoms with Crippen LogP contribution in [0.1, 0.15) is 0 Å². The molecule has 0 aliphatic carbocycles. The molecular weight excluding hydrogens is 199 g/mol. The molecule has 0 aliphatic rings.